The molecule has 1 aromatic heterocycles. The first-order chi connectivity index (χ1) is 9.81. The van der Waals surface area contributed by atoms with Crippen LogP contribution in [0.4, 0.5) is 24.5 Å². The van der Waals surface area contributed by atoms with E-state index in [9.17, 15) is 13.2 Å². The summed E-state index contributed by atoms with van der Waals surface area (Å²) in [5, 5.41) is 7.43. The molecule has 0 saturated carbocycles. The third kappa shape index (κ3) is 3.25. The standard InChI is InChI=1S/C12H11F3N4O2/c1-20-9-5-3-7(18-19-9)10-8(21-12(13,14)15)4-2-6(16)11(10)17/h2-5H,16-17H2,1H3. The van der Waals surface area contributed by atoms with Crippen LogP contribution in [0.25, 0.3) is 11.3 Å². The maximum atomic E-state index is 12.4. The summed E-state index contributed by atoms with van der Waals surface area (Å²) >= 11 is 0. The number of nitrogens with zero attached hydrogens (tertiary/aromatic N) is 2. The van der Waals surface area contributed by atoms with Gasteiger partial charge in [-0.25, -0.2) is 0 Å². The van der Waals surface area contributed by atoms with Crippen molar-refractivity contribution in [2.24, 2.45) is 0 Å². The Kier molecular flexibility index (Phi) is 3.74. The average Bonchev–Trinajstić information content (AvgIpc) is 2.42. The van der Waals surface area contributed by atoms with Crippen LogP contribution in [0.3, 0.4) is 0 Å². The van der Waals surface area contributed by atoms with Crippen molar-refractivity contribution >= 4 is 11.4 Å². The van der Waals surface area contributed by atoms with Gasteiger partial charge in [-0.05, 0) is 18.2 Å². The molecule has 0 aliphatic carbocycles. The van der Waals surface area contributed by atoms with Crippen LogP contribution >= 0.6 is 0 Å². The van der Waals surface area contributed by atoms with Gasteiger partial charge in [-0.15, -0.1) is 23.4 Å². The lowest BCUT2D eigenvalue weighted by molar-refractivity contribution is -0.274. The molecule has 0 aliphatic rings. The first-order valence-electron chi connectivity index (χ1n) is 5.63. The first kappa shape index (κ1) is 14.7. The van der Waals surface area contributed by atoms with Crippen molar-refractivity contribution in [2.75, 3.05) is 18.6 Å². The molecule has 112 valence electrons. The van der Waals surface area contributed by atoms with Crippen molar-refractivity contribution in [2.45, 2.75) is 6.36 Å². The van der Waals surface area contributed by atoms with Crippen LogP contribution in [0, 0.1) is 0 Å². The molecular weight excluding hydrogens is 289 g/mol. The number of methoxy groups -OCH3 is 1. The van der Waals surface area contributed by atoms with Gasteiger partial charge in [0.25, 0.3) is 0 Å². The molecule has 0 atom stereocenters. The highest BCUT2D eigenvalue weighted by molar-refractivity contribution is 5.87. The second-order valence-electron chi connectivity index (χ2n) is 3.95. The third-order valence-corrected chi connectivity index (χ3v) is 2.57. The van der Waals surface area contributed by atoms with Gasteiger partial charge in [-0.3, -0.25) is 0 Å². The minimum absolute atomic E-state index is 0.0729. The Labute approximate surface area is 117 Å². The predicted molar refractivity (Wildman–Crippen MR) is 69.5 cm³/mol. The molecule has 1 aromatic carbocycles. The van der Waals surface area contributed by atoms with Gasteiger partial charge in [-0.1, -0.05) is 0 Å². The van der Waals surface area contributed by atoms with E-state index >= 15 is 0 Å². The molecule has 0 aliphatic heterocycles. The van der Waals surface area contributed by atoms with Gasteiger partial charge in [0.15, 0.2) is 0 Å². The number of nitrogen functional groups attached to an aromatic ring is 2. The lowest BCUT2D eigenvalue weighted by atomic mass is 10.1. The van der Waals surface area contributed by atoms with Crippen LogP contribution in [0.5, 0.6) is 11.6 Å². The number of alkyl halides is 3. The summed E-state index contributed by atoms with van der Waals surface area (Å²) in [7, 11) is 1.39. The van der Waals surface area contributed by atoms with Crippen LogP contribution in [0.1, 0.15) is 0 Å². The Morgan fingerprint density at radius 3 is 2.29 bits per heavy atom. The van der Waals surface area contributed by atoms with E-state index in [4.69, 9.17) is 16.2 Å². The molecule has 0 saturated heterocycles. The average molecular weight is 300 g/mol. The monoisotopic (exact) mass is 300 g/mol. The Morgan fingerprint density at radius 2 is 1.76 bits per heavy atom. The summed E-state index contributed by atoms with van der Waals surface area (Å²) in [6, 6.07) is 5.12. The molecule has 0 fully saturated rings. The summed E-state index contributed by atoms with van der Waals surface area (Å²) in [5.74, 6) is -0.298. The summed E-state index contributed by atoms with van der Waals surface area (Å²) in [4.78, 5) is 0. The largest absolute Gasteiger partial charge is 0.573 e. The molecule has 6 nitrogen and oxygen atoms in total. The number of rotatable bonds is 3. The fourth-order valence-corrected chi connectivity index (χ4v) is 1.65. The molecule has 2 aromatic rings. The van der Waals surface area contributed by atoms with E-state index in [1.54, 1.807) is 0 Å². The van der Waals surface area contributed by atoms with Crippen LogP contribution in [-0.4, -0.2) is 23.7 Å². The minimum Gasteiger partial charge on any atom is -0.480 e. The van der Waals surface area contributed by atoms with Crippen LogP contribution in [0.15, 0.2) is 24.3 Å². The Balaban J connectivity index is 2.55. The van der Waals surface area contributed by atoms with E-state index in [0.717, 1.165) is 6.07 Å². The molecule has 0 amide bonds. The minimum atomic E-state index is -4.86. The number of nitrogens with two attached hydrogens (primary N) is 2. The van der Waals surface area contributed by atoms with E-state index in [0.29, 0.717) is 0 Å². The second kappa shape index (κ2) is 5.35. The van der Waals surface area contributed by atoms with Gasteiger partial charge < -0.3 is 20.9 Å². The molecule has 1 heterocycles. The number of hydrogen-bond acceptors (Lipinski definition) is 6. The Morgan fingerprint density at radius 1 is 1.05 bits per heavy atom. The Bertz CT molecular complexity index is 644. The van der Waals surface area contributed by atoms with E-state index in [1.165, 1.54) is 25.3 Å². The SMILES string of the molecule is COc1ccc(-c2c(OC(F)(F)F)ccc(N)c2N)nn1. The summed E-state index contributed by atoms with van der Waals surface area (Å²) < 4.78 is 46.1. The summed E-state index contributed by atoms with van der Waals surface area (Å²) in [6.07, 6.45) is -4.86. The van der Waals surface area contributed by atoms with Gasteiger partial charge in [0.1, 0.15) is 5.75 Å². The lowest BCUT2D eigenvalue weighted by Crippen LogP contribution is -2.18. The number of halogens is 3. The number of aromatic nitrogens is 2. The fourth-order valence-electron chi connectivity index (χ4n) is 1.65. The highest BCUT2D eigenvalue weighted by atomic mass is 19.4. The number of hydrogen-bond donors (Lipinski definition) is 2. The van der Waals surface area contributed by atoms with Crippen LogP contribution < -0.4 is 20.9 Å². The number of anilines is 2. The molecule has 0 bridgehead atoms. The van der Waals surface area contributed by atoms with E-state index < -0.39 is 12.1 Å². The second-order valence-corrected chi connectivity index (χ2v) is 3.95. The van der Waals surface area contributed by atoms with E-state index in [2.05, 4.69) is 14.9 Å². The van der Waals surface area contributed by atoms with Crippen molar-refractivity contribution in [1.29, 1.82) is 0 Å². The molecule has 0 radical (unpaired) electrons. The zero-order chi connectivity index (χ0) is 15.6. The molecule has 4 N–H and O–H groups in total. The third-order valence-electron chi connectivity index (χ3n) is 2.57. The van der Waals surface area contributed by atoms with Gasteiger partial charge in [0.2, 0.25) is 5.88 Å². The normalized spacial score (nSPS) is 11.2. The van der Waals surface area contributed by atoms with Gasteiger partial charge in [-0.2, -0.15) is 0 Å². The molecule has 21 heavy (non-hydrogen) atoms. The van der Waals surface area contributed by atoms with Gasteiger partial charge >= 0.3 is 6.36 Å². The highest BCUT2D eigenvalue weighted by Crippen LogP contribution is 2.39. The van der Waals surface area contributed by atoms with Crippen molar-refractivity contribution in [3.63, 3.8) is 0 Å². The number of benzene rings is 1. The Hall–Kier alpha value is -2.71. The zero-order valence-corrected chi connectivity index (χ0v) is 10.8. The highest BCUT2D eigenvalue weighted by Gasteiger charge is 2.33. The predicted octanol–water partition coefficient (Wildman–Crippen LogP) is 2.22. The molecule has 0 unspecified atom stereocenters. The van der Waals surface area contributed by atoms with E-state index in [-0.39, 0.29) is 28.5 Å². The fraction of sp³-hybridized carbons (Fsp3) is 0.167. The van der Waals surface area contributed by atoms with Gasteiger partial charge in [0.05, 0.1) is 29.7 Å². The number of ether oxygens (including phenoxy) is 2. The van der Waals surface area contributed by atoms with Crippen molar-refractivity contribution in [3.8, 4) is 22.9 Å². The molecule has 0 spiro atoms. The van der Waals surface area contributed by atoms with Crippen LogP contribution in [-0.2, 0) is 0 Å². The first-order valence-corrected chi connectivity index (χ1v) is 5.63. The lowest BCUT2D eigenvalue weighted by Gasteiger charge is -2.15. The van der Waals surface area contributed by atoms with Crippen molar-refractivity contribution < 1.29 is 22.6 Å². The molecule has 2 rings (SSSR count). The van der Waals surface area contributed by atoms with Gasteiger partial charge in [0, 0.05) is 6.07 Å². The molecular formula is C12H11F3N4O2. The maximum Gasteiger partial charge on any atom is 0.573 e. The smallest absolute Gasteiger partial charge is 0.480 e. The topological polar surface area (TPSA) is 96.3 Å². The zero-order valence-electron chi connectivity index (χ0n) is 10.8. The van der Waals surface area contributed by atoms with Crippen molar-refractivity contribution in [3.05, 3.63) is 24.3 Å². The van der Waals surface area contributed by atoms with E-state index in [1.807, 2.05) is 0 Å². The summed E-state index contributed by atoms with van der Waals surface area (Å²) in [6.45, 7) is 0. The quantitative estimate of drug-likeness (QED) is 0.844. The maximum absolute atomic E-state index is 12.4. The van der Waals surface area contributed by atoms with Crippen molar-refractivity contribution in [1.82, 2.24) is 10.2 Å². The summed E-state index contributed by atoms with van der Waals surface area (Å²) in [5.41, 5.74) is 11.4. The van der Waals surface area contributed by atoms with Crippen LogP contribution in [0.2, 0.25) is 0 Å². The molecule has 9 heteroatoms.